The summed E-state index contributed by atoms with van der Waals surface area (Å²) < 4.78 is 10.9. The summed E-state index contributed by atoms with van der Waals surface area (Å²) in [7, 11) is 2.73. The molecule has 2 rings (SSSR count). The third kappa shape index (κ3) is 1.96. The number of aromatic nitrogens is 1. The van der Waals surface area contributed by atoms with Gasteiger partial charge in [-0.15, -0.1) is 0 Å². The quantitative estimate of drug-likeness (QED) is 0.469. The zero-order chi connectivity index (χ0) is 14.9. The molecule has 1 aromatic heterocycles. The van der Waals surface area contributed by atoms with Crippen LogP contribution in [0.25, 0.3) is 10.9 Å². The fraction of sp³-hybridized carbons (Fsp3) is 0.167. The largest absolute Gasteiger partial charge is 0.492 e. The second-order valence-electron chi connectivity index (χ2n) is 3.90. The molecular weight excluding hydrogens is 268 g/mol. The van der Waals surface area contributed by atoms with Crippen LogP contribution in [0, 0.1) is 10.1 Å². The summed E-state index contributed by atoms with van der Waals surface area (Å²) in [6.07, 6.45) is 0. The average molecular weight is 278 g/mol. The highest BCUT2D eigenvalue weighted by Crippen LogP contribution is 2.33. The molecule has 0 aliphatic heterocycles. The van der Waals surface area contributed by atoms with Gasteiger partial charge in [-0.3, -0.25) is 19.7 Å². The number of pyridine rings is 1. The summed E-state index contributed by atoms with van der Waals surface area (Å²) in [5, 5.41) is 11.2. The van der Waals surface area contributed by atoms with E-state index in [1.54, 1.807) is 0 Å². The zero-order valence-corrected chi connectivity index (χ0v) is 10.7. The SMILES string of the molecule is COc1c(OC=O)c(=O)n(C)c2cc([N+](=O)[O-])ccc12. The van der Waals surface area contributed by atoms with Crippen molar-refractivity contribution >= 4 is 23.1 Å². The number of rotatable bonds is 4. The first kappa shape index (κ1) is 13.5. The summed E-state index contributed by atoms with van der Waals surface area (Å²) in [5.74, 6) is -0.198. The second kappa shape index (κ2) is 5.00. The van der Waals surface area contributed by atoms with Crippen molar-refractivity contribution in [3.05, 3.63) is 38.7 Å². The normalized spacial score (nSPS) is 10.3. The van der Waals surface area contributed by atoms with Crippen molar-refractivity contribution in [1.82, 2.24) is 4.57 Å². The lowest BCUT2D eigenvalue weighted by molar-refractivity contribution is -0.384. The highest BCUT2D eigenvalue weighted by atomic mass is 16.6. The van der Waals surface area contributed by atoms with Gasteiger partial charge in [0.2, 0.25) is 5.75 Å². The molecule has 0 fully saturated rings. The fourth-order valence-electron chi connectivity index (χ4n) is 1.94. The number of fused-ring (bicyclic) bond motifs is 1. The first-order chi connectivity index (χ1) is 9.51. The van der Waals surface area contributed by atoms with Crippen LogP contribution in [-0.2, 0) is 11.8 Å². The number of aryl methyl sites for hydroxylation is 1. The molecule has 8 nitrogen and oxygen atoms in total. The molecule has 0 saturated carbocycles. The lowest BCUT2D eigenvalue weighted by Crippen LogP contribution is -2.20. The van der Waals surface area contributed by atoms with Gasteiger partial charge in [0.15, 0.2) is 5.75 Å². The van der Waals surface area contributed by atoms with Crippen molar-refractivity contribution in [3.63, 3.8) is 0 Å². The van der Waals surface area contributed by atoms with Gasteiger partial charge in [0.05, 0.1) is 17.5 Å². The van der Waals surface area contributed by atoms with Crippen molar-refractivity contribution < 1.29 is 19.2 Å². The molecule has 0 aliphatic carbocycles. The maximum atomic E-state index is 12.1. The molecule has 0 radical (unpaired) electrons. The van der Waals surface area contributed by atoms with Gasteiger partial charge in [-0.25, -0.2) is 0 Å². The van der Waals surface area contributed by atoms with Crippen molar-refractivity contribution in [1.29, 1.82) is 0 Å². The number of hydrogen-bond donors (Lipinski definition) is 0. The molecule has 20 heavy (non-hydrogen) atoms. The predicted molar refractivity (Wildman–Crippen MR) is 69.1 cm³/mol. The maximum Gasteiger partial charge on any atom is 0.298 e. The van der Waals surface area contributed by atoms with Gasteiger partial charge in [-0.1, -0.05) is 0 Å². The van der Waals surface area contributed by atoms with E-state index in [9.17, 15) is 19.7 Å². The molecule has 0 aliphatic rings. The molecular formula is C12H10N2O6. The van der Waals surface area contributed by atoms with Crippen LogP contribution in [0.15, 0.2) is 23.0 Å². The Hall–Kier alpha value is -2.90. The van der Waals surface area contributed by atoms with Crippen LogP contribution in [0.4, 0.5) is 5.69 Å². The van der Waals surface area contributed by atoms with Crippen molar-refractivity contribution in [2.45, 2.75) is 0 Å². The van der Waals surface area contributed by atoms with E-state index in [-0.39, 0.29) is 23.7 Å². The van der Waals surface area contributed by atoms with Crippen molar-refractivity contribution in [3.8, 4) is 11.5 Å². The molecule has 2 aromatic rings. The first-order valence-corrected chi connectivity index (χ1v) is 5.46. The minimum absolute atomic E-state index is 0.0603. The molecule has 0 amide bonds. The highest BCUT2D eigenvalue weighted by Gasteiger charge is 2.19. The Balaban J connectivity index is 2.92. The minimum atomic E-state index is -0.623. The van der Waals surface area contributed by atoms with E-state index < -0.39 is 10.5 Å². The number of ether oxygens (including phenoxy) is 2. The lowest BCUT2D eigenvalue weighted by atomic mass is 10.1. The van der Waals surface area contributed by atoms with Crippen molar-refractivity contribution in [2.75, 3.05) is 7.11 Å². The fourth-order valence-corrected chi connectivity index (χ4v) is 1.94. The number of nitrogens with zero attached hydrogens (tertiary/aromatic N) is 2. The highest BCUT2D eigenvalue weighted by molar-refractivity contribution is 5.89. The topological polar surface area (TPSA) is 101 Å². The minimum Gasteiger partial charge on any atom is -0.492 e. The van der Waals surface area contributed by atoms with Gasteiger partial charge in [0.25, 0.3) is 17.7 Å². The number of non-ortho nitro benzene ring substituents is 1. The molecule has 0 unspecified atom stereocenters. The second-order valence-corrected chi connectivity index (χ2v) is 3.90. The Morgan fingerprint density at radius 2 is 2.05 bits per heavy atom. The predicted octanol–water partition coefficient (Wildman–Crippen LogP) is 0.990. The van der Waals surface area contributed by atoms with Gasteiger partial charge < -0.3 is 14.0 Å². The molecule has 0 spiro atoms. The Labute approximate surface area is 112 Å². The number of carbonyl (C=O) groups excluding carboxylic acids is 1. The van der Waals surface area contributed by atoms with E-state index in [0.29, 0.717) is 10.9 Å². The number of benzene rings is 1. The van der Waals surface area contributed by atoms with Gasteiger partial charge in [0, 0.05) is 24.6 Å². The molecule has 0 atom stereocenters. The Kier molecular flexibility index (Phi) is 3.38. The van der Waals surface area contributed by atoms with E-state index in [4.69, 9.17) is 4.74 Å². The van der Waals surface area contributed by atoms with Crippen LogP contribution >= 0.6 is 0 Å². The van der Waals surface area contributed by atoms with E-state index in [1.807, 2.05) is 0 Å². The summed E-state index contributed by atoms with van der Waals surface area (Å²) in [5.41, 5.74) is -0.472. The summed E-state index contributed by atoms with van der Waals surface area (Å²) >= 11 is 0. The molecule has 1 aromatic carbocycles. The van der Waals surface area contributed by atoms with Crippen LogP contribution < -0.4 is 15.0 Å². The van der Waals surface area contributed by atoms with E-state index in [2.05, 4.69) is 4.74 Å². The van der Waals surface area contributed by atoms with Crippen molar-refractivity contribution in [2.24, 2.45) is 7.05 Å². The van der Waals surface area contributed by atoms with Gasteiger partial charge in [-0.05, 0) is 6.07 Å². The van der Waals surface area contributed by atoms with Gasteiger partial charge in [0.1, 0.15) is 0 Å². The third-order valence-corrected chi connectivity index (χ3v) is 2.87. The van der Waals surface area contributed by atoms with Crippen LogP contribution in [0.3, 0.4) is 0 Å². The number of methoxy groups -OCH3 is 1. The number of nitro groups is 1. The maximum absolute atomic E-state index is 12.1. The smallest absolute Gasteiger partial charge is 0.298 e. The Morgan fingerprint density at radius 3 is 2.60 bits per heavy atom. The first-order valence-electron chi connectivity index (χ1n) is 5.46. The number of hydrogen-bond acceptors (Lipinski definition) is 6. The van der Waals surface area contributed by atoms with Crippen LogP contribution in [0.5, 0.6) is 11.5 Å². The van der Waals surface area contributed by atoms with Crippen LogP contribution in [0.1, 0.15) is 0 Å². The molecule has 0 N–H and O–H groups in total. The summed E-state index contributed by atoms with van der Waals surface area (Å²) in [6, 6.07) is 3.97. The van der Waals surface area contributed by atoms with Crippen LogP contribution in [0.2, 0.25) is 0 Å². The average Bonchev–Trinajstić information content (AvgIpc) is 2.44. The Morgan fingerprint density at radius 1 is 1.35 bits per heavy atom. The van der Waals surface area contributed by atoms with Gasteiger partial charge in [-0.2, -0.15) is 0 Å². The standard InChI is InChI=1S/C12H10N2O6/c1-13-9-5-7(14(17)18)3-4-8(9)10(19-2)11(12(13)16)20-6-15/h3-6H,1-2H3. The molecule has 0 bridgehead atoms. The molecule has 1 heterocycles. The zero-order valence-electron chi connectivity index (χ0n) is 10.7. The number of carbonyl (C=O) groups is 1. The molecule has 104 valence electrons. The van der Waals surface area contributed by atoms with E-state index in [0.717, 1.165) is 4.57 Å². The summed E-state index contributed by atoms with van der Waals surface area (Å²) in [4.78, 5) is 32.8. The summed E-state index contributed by atoms with van der Waals surface area (Å²) in [6.45, 7) is 0.122. The van der Waals surface area contributed by atoms with E-state index in [1.165, 1.54) is 32.4 Å². The Bertz CT molecular complexity index is 765. The van der Waals surface area contributed by atoms with Gasteiger partial charge >= 0.3 is 0 Å². The van der Waals surface area contributed by atoms with Crippen LogP contribution in [-0.4, -0.2) is 23.1 Å². The van der Waals surface area contributed by atoms with E-state index >= 15 is 0 Å². The number of nitro benzene ring substituents is 1. The molecule has 8 heteroatoms. The molecule has 0 saturated heterocycles. The lowest BCUT2D eigenvalue weighted by Gasteiger charge is -2.12. The monoisotopic (exact) mass is 278 g/mol. The third-order valence-electron chi connectivity index (χ3n) is 2.87.